The van der Waals surface area contributed by atoms with Crippen molar-refractivity contribution in [1.29, 1.82) is 5.26 Å². The van der Waals surface area contributed by atoms with Crippen LogP contribution in [0.2, 0.25) is 0 Å². The van der Waals surface area contributed by atoms with Crippen LogP contribution in [0, 0.1) is 11.3 Å². The highest BCUT2D eigenvalue weighted by molar-refractivity contribution is 7.11. The Labute approximate surface area is 62.7 Å². The lowest BCUT2D eigenvalue weighted by Gasteiger charge is -1.85. The van der Waals surface area contributed by atoms with Crippen molar-refractivity contribution in [3.8, 4) is 6.07 Å². The molecule has 0 N–H and O–H groups in total. The topological polar surface area (TPSA) is 40.9 Å². The number of aldehydes is 1. The minimum absolute atomic E-state index is 0.331. The molecule has 0 aromatic carbocycles. The highest BCUT2D eigenvalue weighted by atomic mass is 32.1. The molecule has 1 aromatic rings. The maximum Gasteiger partial charge on any atom is 0.160 e. The summed E-state index contributed by atoms with van der Waals surface area (Å²) in [7, 11) is 0. The Hall–Kier alpha value is -1.14. The Morgan fingerprint density at radius 1 is 1.80 bits per heavy atom. The quantitative estimate of drug-likeness (QED) is 0.603. The second kappa shape index (κ2) is 3.14. The fraction of sp³-hybridized carbons (Fsp3) is 0.143. The number of thiophene rings is 1. The summed E-state index contributed by atoms with van der Waals surface area (Å²) < 4.78 is 0. The highest BCUT2D eigenvalue weighted by Crippen LogP contribution is 2.13. The fourth-order valence-corrected chi connectivity index (χ4v) is 1.41. The lowest BCUT2D eigenvalue weighted by Crippen LogP contribution is -1.82. The van der Waals surface area contributed by atoms with Crippen LogP contribution in [0.1, 0.15) is 15.2 Å². The van der Waals surface area contributed by atoms with Crippen LogP contribution in [-0.4, -0.2) is 6.29 Å². The van der Waals surface area contributed by atoms with Crippen molar-refractivity contribution in [1.82, 2.24) is 0 Å². The van der Waals surface area contributed by atoms with Gasteiger partial charge in [-0.05, 0) is 17.0 Å². The van der Waals surface area contributed by atoms with E-state index in [0.29, 0.717) is 11.3 Å². The van der Waals surface area contributed by atoms with Gasteiger partial charge in [0.05, 0.1) is 17.4 Å². The van der Waals surface area contributed by atoms with Crippen molar-refractivity contribution in [2.75, 3.05) is 0 Å². The third-order valence-electron chi connectivity index (χ3n) is 1.16. The molecule has 2 nitrogen and oxygen atoms in total. The minimum Gasteiger partial charge on any atom is -0.297 e. The monoisotopic (exact) mass is 151 g/mol. The summed E-state index contributed by atoms with van der Waals surface area (Å²) in [6.45, 7) is 0. The normalized spacial score (nSPS) is 8.70. The predicted molar refractivity (Wildman–Crippen MR) is 39.0 cm³/mol. The van der Waals surface area contributed by atoms with Crippen molar-refractivity contribution < 1.29 is 4.79 Å². The number of nitriles is 1. The van der Waals surface area contributed by atoms with E-state index in [-0.39, 0.29) is 0 Å². The average molecular weight is 151 g/mol. The molecule has 0 bridgehead atoms. The molecule has 0 saturated carbocycles. The van der Waals surface area contributed by atoms with E-state index in [1.165, 1.54) is 11.3 Å². The predicted octanol–water partition coefficient (Wildman–Crippen LogP) is 1.63. The molecule has 0 aliphatic carbocycles. The minimum atomic E-state index is 0.331. The van der Waals surface area contributed by atoms with Crippen molar-refractivity contribution in [2.45, 2.75) is 6.42 Å². The van der Waals surface area contributed by atoms with E-state index < -0.39 is 0 Å². The third-order valence-corrected chi connectivity index (χ3v) is 2.04. The van der Waals surface area contributed by atoms with E-state index in [1.54, 1.807) is 6.07 Å². The first-order valence-electron chi connectivity index (χ1n) is 2.77. The maximum atomic E-state index is 10.3. The van der Waals surface area contributed by atoms with Gasteiger partial charge in [0, 0.05) is 0 Å². The Kier molecular flexibility index (Phi) is 2.19. The van der Waals surface area contributed by atoms with Gasteiger partial charge >= 0.3 is 0 Å². The molecular formula is C7H5NOS. The van der Waals surface area contributed by atoms with Crippen LogP contribution in [0.5, 0.6) is 0 Å². The van der Waals surface area contributed by atoms with Gasteiger partial charge in [-0.25, -0.2) is 0 Å². The van der Waals surface area contributed by atoms with E-state index >= 15 is 0 Å². The first kappa shape index (κ1) is 6.97. The summed E-state index contributed by atoms with van der Waals surface area (Å²) in [6, 6.07) is 3.80. The molecular weight excluding hydrogens is 146 g/mol. The molecule has 0 amide bonds. The van der Waals surface area contributed by atoms with Crippen molar-refractivity contribution >= 4 is 17.6 Å². The SMILES string of the molecule is N#CCc1ccsc1C=O. The van der Waals surface area contributed by atoms with E-state index in [9.17, 15) is 4.79 Å². The van der Waals surface area contributed by atoms with Gasteiger partial charge < -0.3 is 0 Å². The zero-order chi connectivity index (χ0) is 7.40. The zero-order valence-electron chi connectivity index (χ0n) is 5.20. The van der Waals surface area contributed by atoms with Crippen molar-refractivity contribution in [2.24, 2.45) is 0 Å². The Morgan fingerprint density at radius 3 is 3.20 bits per heavy atom. The molecule has 0 atom stereocenters. The summed E-state index contributed by atoms with van der Waals surface area (Å²) in [5.74, 6) is 0. The molecule has 50 valence electrons. The lowest BCUT2D eigenvalue weighted by molar-refractivity contribution is 0.112. The van der Waals surface area contributed by atoms with E-state index in [2.05, 4.69) is 0 Å². The van der Waals surface area contributed by atoms with Crippen LogP contribution < -0.4 is 0 Å². The second-order valence-corrected chi connectivity index (χ2v) is 2.71. The first-order chi connectivity index (χ1) is 4.88. The van der Waals surface area contributed by atoms with Gasteiger partial charge in [0.15, 0.2) is 6.29 Å². The van der Waals surface area contributed by atoms with Gasteiger partial charge in [-0.2, -0.15) is 5.26 Å². The summed E-state index contributed by atoms with van der Waals surface area (Å²) in [5.41, 5.74) is 0.836. The van der Waals surface area contributed by atoms with Crippen molar-refractivity contribution in [3.63, 3.8) is 0 Å². The van der Waals surface area contributed by atoms with Gasteiger partial charge in [-0.3, -0.25) is 4.79 Å². The van der Waals surface area contributed by atoms with Gasteiger partial charge in [-0.1, -0.05) is 0 Å². The van der Waals surface area contributed by atoms with Gasteiger partial charge in [0.1, 0.15) is 0 Å². The Morgan fingerprint density at radius 2 is 2.60 bits per heavy atom. The van der Waals surface area contributed by atoms with Gasteiger partial charge in [0.2, 0.25) is 0 Å². The summed E-state index contributed by atoms with van der Waals surface area (Å²) in [6.07, 6.45) is 1.12. The summed E-state index contributed by atoms with van der Waals surface area (Å²) in [4.78, 5) is 10.9. The fourth-order valence-electron chi connectivity index (χ4n) is 0.682. The molecule has 0 saturated heterocycles. The van der Waals surface area contributed by atoms with E-state index in [1.807, 2.05) is 11.4 Å². The molecule has 0 fully saturated rings. The highest BCUT2D eigenvalue weighted by Gasteiger charge is 2.00. The molecule has 0 aliphatic heterocycles. The molecule has 0 aliphatic rings. The lowest BCUT2D eigenvalue weighted by atomic mass is 10.2. The average Bonchev–Trinajstić information content (AvgIpc) is 2.36. The van der Waals surface area contributed by atoms with Crippen LogP contribution in [0.3, 0.4) is 0 Å². The first-order valence-corrected chi connectivity index (χ1v) is 3.65. The Bertz CT molecular complexity index is 271. The number of hydrogen-bond acceptors (Lipinski definition) is 3. The van der Waals surface area contributed by atoms with E-state index in [0.717, 1.165) is 11.8 Å². The van der Waals surface area contributed by atoms with Gasteiger partial charge in [0.25, 0.3) is 0 Å². The number of hydrogen-bond donors (Lipinski definition) is 0. The number of rotatable bonds is 2. The van der Waals surface area contributed by atoms with Crippen LogP contribution >= 0.6 is 11.3 Å². The molecule has 0 unspecified atom stereocenters. The van der Waals surface area contributed by atoms with Crippen molar-refractivity contribution in [3.05, 3.63) is 21.9 Å². The molecule has 1 heterocycles. The third kappa shape index (κ3) is 1.23. The molecule has 3 heteroatoms. The zero-order valence-corrected chi connectivity index (χ0v) is 6.02. The molecule has 10 heavy (non-hydrogen) atoms. The largest absolute Gasteiger partial charge is 0.297 e. The second-order valence-electron chi connectivity index (χ2n) is 1.76. The maximum absolute atomic E-state index is 10.3. The Balaban J connectivity index is 2.92. The summed E-state index contributed by atoms with van der Waals surface area (Å²) in [5, 5.41) is 10.1. The van der Waals surface area contributed by atoms with Crippen LogP contribution in [0.4, 0.5) is 0 Å². The standard InChI is InChI=1S/C7H5NOS/c8-3-1-6-2-4-10-7(6)5-9/h2,4-5H,1H2. The number of carbonyl (C=O) groups excluding carboxylic acids is 1. The van der Waals surface area contributed by atoms with Crippen LogP contribution in [0.25, 0.3) is 0 Å². The smallest absolute Gasteiger partial charge is 0.160 e. The van der Waals surface area contributed by atoms with Crippen LogP contribution in [-0.2, 0) is 6.42 Å². The molecule has 0 spiro atoms. The molecule has 1 rings (SSSR count). The van der Waals surface area contributed by atoms with Crippen LogP contribution in [0.15, 0.2) is 11.4 Å². The molecule has 1 aromatic heterocycles. The van der Waals surface area contributed by atoms with E-state index in [4.69, 9.17) is 5.26 Å². The number of carbonyl (C=O) groups is 1. The van der Waals surface area contributed by atoms with Gasteiger partial charge in [-0.15, -0.1) is 11.3 Å². The number of nitrogens with zero attached hydrogens (tertiary/aromatic N) is 1. The summed E-state index contributed by atoms with van der Waals surface area (Å²) >= 11 is 1.37. The molecule has 0 radical (unpaired) electrons.